The zero-order chi connectivity index (χ0) is 14.9. The minimum absolute atomic E-state index is 0.328. The second-order valence-electron chi connectivity index (χ2n) is 5.87. The fraction of sp³-hybridized carbons (Fsp3) is 0.533. The molecule has 1 aliphatic heterocycles. The summed E-state index contributed by atoms with van der Waals surface area (Å²) in [5.74, 6) is 3.14. The van der Waals surface area contributed by atoms with E-state index in [-0.39, 0.29) is 0 Å². The Kier molecular flexibility index (Phi) is 3.22. The molecule has 2 aromatic heterocycles. The summed E-state index contributed by atoms with van der Waals surface area (Å²) in [5.41, 5.74) is 0.386. The predicted octanol–water partition coefficient (Wildman–Crippen LogP) is 1.99. The molecule has 0 atom stereocenters. The smallest absolute Gasteiger partial charge is 0.229 e. The van der Waals surface area contributed by atoms with Crippen LogP contribution in [-0.2, 0) is 0 Å². The molecule has 0 bridgehead atoms. The van der Waals surface area contributed by atoms with Crippen LogP contribution in [0.5, 0.6) is 0 Å². The highest BCUT2D eigenvalue weighted by Crippen LogP contribution is 2.40. The van der Waals surface area contributed by atoms with Gasteiger partial charge in [0.1, 0.15) is 6.07 Å². The van der Waals surface area contributed by atoms with E-state index in [0.717, 1.165) is 37.6 Å². The van der Waals surface area contributed by atoms with Crippen LogP contribution in [0, 0.1) is 11.3 Å². The summed E-state index contributed by atoms with van der Waals surface area (Å²) in [4.78, 5) is 15.0. The fourth-order valence-electron chi connectivity index (χ4n) is 2.90. The summed E-state index contributed by atoms with van der Waals surface area (Å²) in [7, 11) is 0. The first-order chi connectivity index (χ1) is 10.8. The average molecular weight is 296 g/mol. The van der Waals surface area contributed by atoms with E-state index in [0.29, 0.717) is 23.3 Å². The highest BCUT2D eigenvalue weighted by Gasteiger charge is 2.32. The number of aromatic nitrogens is 4. The lowest BCUT2D eigenvalue weighted by Gasteiger charge is -2.31. The van der Waals surface area contributed by atoms with Crippen LogP contribution in [0.2, 0.25) is 0 Å². The summed E-state index contributed by atoms with van der Waals surface area (Å²) >= 11 is 0. The van der Waals surface area contributed by atoms with Crippen molar-refractivity contribution in [2.75, 3.05) is 18.0 Å². The first-order valence-electron chi connectivity index (χ1n) is 7.64. The van der Waals surface area contributed by atoms with Gasteiger partial charge in [0.15, 0.2) is 17.3 Å². The quantitative estimate of drug-likeness (QED) is 0.855. The van der Waals surface area contributed by atoms with Gasteiger partial charge in [0.2, 0.25) is 5.89 Å². The van der Waals surface area contributed by atoms with Gasteiger partial charge in [0, 0.05) is 37.3 Å². The molecule has 112 valence electrons. The Labute approximate surface area is 128 Å². The molecule has 22 heavy (non-hydrogen) atoms. The molecule has 2 fully saturated rings. The maximum absolute atomic E-state index is 9.13. The van der Waals surface area contributed by atoms with Crippen molar-refractivity contribution in [3.8, 4) is 6.07 Å². The minimum Gasteiger partial charge on any atom is -0.354 e. The average Bonchev–Trinajstić information content (AvgIpc) is 3.32. The van der Waals surface area contributed by atoms with E-state index in [1.807, 2.05) is 0 Å². The number of nitriles is 1. The third kappa shape index (κ3) is 2.41. The zero-order valence-corrected chi connectivity index (χ0v) is 12.1. The summed E-state index contributed by atoms with van der Waals surface area (Å²) in [5, 5.41) is 13.3. The molecule has 1 saturated carbocycles. The van der Waals surface area contributed by atoms with Crippen LogP contribution in [0.15, 0.2) is 16.9 Å². The van der Waals surface area contributed by atoms with Crippen LogP contribution in [0.4, 0.5) is 5.82 Å². The van der Waals surface area contributed by atoms with Gasteiger partial charge in [-0.1, -0.05) is 5.16 Å². The molecule has 0 N–H and O–H groups in total. The van der Waals surface area contributed by atoms with Crippen molar-refractivity contribution in [3.63, 3.8) is 0 Å². The third-order valence-electron chi connectivity index (χ3n) is 4.33. The molecule has 2 aliphatic rings. The number of rotatable bonds is 3. The molecule has 0 aromatic carbocycles. The molecule has 0 amide bonds. The Morgan fingerprint density at radius 1 is 1.09 bits per heavy atom. The van der Waals surface area contributed by atoms with Crippen LogP contribution in [0.3, 0.4) is 0 Å². The number of piperidine rings is 1. The molecular formula is C15H16N6O. The van der Waals surface area contributed by atoms with Crippen molar-refractivity contribution in [3.05, 3.63) is 29.8 Å². The topological polar surface area (TPSA) is 91.7 Å². The Morgan fingerprint density at radius 3 is 2.59 bits per heavy atom. The van der Waals surface area contributed by atoms with E-state index in [1.165, 1.54) is 12.8 Å². The maximum atomic E-state index is 9.13. The predicted molar refractivity (Wildman–Crippen MR) is 77.2 cm³/mol. The molecule has 0 unspecified atom stereocenters. The van der Waals surface area contributed by atoms with Gasteiger partial charge in [-0.05, 0) is 25.7 Å². The van der Waals surface area contributed by atoms with Crippen LogP contribution < -0.4 is 4.90 Å². The summed E-state index contributed by atoms with van der Waals surface area (Å²) in [6.07, 6.45) is 7.39. The summed E-state index contributed by atoms with van der Waals surface area (Å²) < 4.78 is 5.35. The third-order valence-corrected chi connectivity index (χ3v) is 4.33. The lowest BCUT2D eigenvalue weighted by molar-refractivity contribution is 0.364. The van der Waals surface area contributed by atoms with Gasteiger partial charge in [0.05, 0.1) is 0 Å². The monoisotopic (exact) mass is 296 g/mol. The number of hydrogen-bond acceptors (Lipinski definition) is 7. The number of nitrogens with zero attached hydrogens (tertiary/aromatic N) is 6. The van der Waals surface area contributed by atoms with Gasteiger partial charge in [-0.25, -0.2) is 9.97 Å². The Morgan fingerprint density at radius 2 is 1.86 bits per heavy atom. The number of hydrogen-bond donors (Lipinski definition) is 0. The molecule has 4 rings (SSSR count). The highest BCUT2D eigenvalue weighted by molar-refractivity contribution is 5.49. The van der Waals surface area contributed by atoms with Crippen molar-refractivity contribution in [1.82, 2.24) is 20.1 Å². The molecule has 1 saturated heterocycles. The molecule has 1 aliphatic carbocycles. The van der Waals surface area contributed by atoms with Crippen LogP contribution in [0.1, 0.15) is 54.9 Å². The minimum atomic E-state index is 0.328. The molecule has 7 heteroatoms. The second kappa shape index (κ2) is 5.37. The van der Waals surface area contributed by atoms with Crippen molar-refractivity contribution >= 4 is 5.82 Å². The second-order valence-corrected chi connectivity index (χ2v) is 5.87. The Balaban J connectivity index is 1.44. The van der Waals surface area contributed by atoms with E-state index >= 15 is 0 Å². The van der Waals surface area contributed by atoms with Crippen LogP contribution >= 0.6 is 0 Å². The van der Waals surface area contributed by atoms with Gasteiger partial charge < -0.3 is 9.42 Å². The van der Waals surface area contributed by atoms with Crippen molar-refractivity contribution in [2.24, 2.45) is 0 Å². The normalized spacial score (nSPS) is 19.1. The first kappa shape index (κ1) is 13.2. The standard InChI is InChI=1S/C15H16N6O/c16-9-12-14(18-6-5-17-12)21-7-3-10(4-8-21)13-19-15(22-20-13)11-1-2-11/h5-6,10-11H,1-4,7-8H2. The van der Waals surface area contributed by atoms with E-state index in [9.17, 15) is 0 Å². The van der Waals surface area contributed by atoms with E-state index < -0.39 is 0 Å². The fourth-order valence-corrected chi connectivity index (χ4v) is 2.90. The highest BCUT2D eigenvalue weighted by atomic mass is 16.5. The Hall–Kier alpha value is -2.49. The van der Waals surface area contributed by atoms with Gasteiger partial charge in [-0.2, -0.15) is 10.2 Å². The van der Waals surface area contributed by atoms with E-state index in [4.69, 9.17) is 9.78 Å². The van der Waals surface area contributed by atoms with Crippen molar-refractivity contribution in [2.45, 2.75) is 37.5 Å². The molecule has 7 nitrogen and oxygen atoms in total. The Bertz CT molecular complexity index is 709. The van der Waals surface area contributed by atoms with Crippen LogP contribution in [0.25, 0.3) is 0 Å². The van der Waals surface area contributed by atoms with E-state index in [2.05, 4.69) is 31.1 Å². The first-order valence-corrected chi connectivity index (χ1v) is 7.64. The molecule has 0 radical (unpaired) electrons. The van der Waals surface area contributed by atoms with Gasteiger partial charge in [-0.15, -0.1) is 0 Å². The molecule has 2 aromatic rings. The van der Waals surface area contributed by atoms with Gasteiger partial charge >= 0.3 is 0 Å². The van der Waals surface area contributed by atoms with Gasteiger partial charge in [0.25, 0.3) is 0 Å². The largest absolute Gasteiger partial charge is 0.354 e. The molecular weight excluding hydrogens is 280 g/mol. The van der Waals surface area contributed by atoms with Gasteiger partial charge in [-0.3, -0.25) is 0 Å². The molecule has 3 heterocycles. The zero-order valence-electron chi connectivity index (χ0n) is 12.1. The lowest BCUT2D eigenvalue weighted by atomic mass is 9.96. The van der Waals surface area contributed by atoms with E-state index in [1.54, 1.807) is 12.4 Å². The number of anilines is 1. The van der Waals surface area contributed by atoms with Crippen LogP contribution in [-0.4, -0.2) is 33.2 Å². The summed E-state index contributed by atoms with van der Waals surface area (Å²) in [6, 6.07) is 2.10. The summed E-state index contributed by atoms with van der Waals surface area (Å²) in [6.45, 7) is 1.65. The SMILES string of the molecule is N#Cc1nccnc1N1CCC(c2noc(C3CC3)n2)CC1. The lowest BCUT2D eigenvalue weighted by Crippen LogP contribution is -2.34. The molecule has 0 spiro atoms. The van der Waals surface area contributed by atoms with Crippen molar-refractivity contribution < 1.29 is 4.52 Å². The maximum Gasteiger partial charge on any atom is 0.229 e. The van der Waals surface area contributed by atoms with Crippen molar-refractivity contribution in [1.29, 1.82) is 5.26 Å².